The summed E-state index contributed by atoms with van der Waals surface area (Å²) in [6, 6.07) is 15.3. The number of likely N-dealkylation sites (tertiary alicyclic amines) is 1. The summed E-state index contributed by atoms with van der Waals surface area (Å²) in [7, 11) is 0. The summed E-state index contributed by atoms with van der Waals surface area (Å²) >= 11 is 0. The minimum Gasteiger partial charge on any atom is -0.398 e. The number of hydrogen-bond acceptors (Lipinski definition) is 4. The zero-order valence-electron chi connectivity index (χ0n) is 15.8. The Morgan fingerprint density at radius 1 is 1.23 bits per heavy atom. The molecule has 4 heteroatoms. The number of nitrogens with zero attached hydrogens (tertiary/aromatic N) is 1. The van der Waals surface area contributed by atoms with Gasteiger partial charge in [-0.3, -0.25) is 4.90 Å². The van der Waals surface area contributed by atoms with Crippen LogP contribution in [0.15, 0.2) is 42.5 Å². The molecule has 26 heavy (non-hydrogen) atoms. The van der Waals surface area contributed by atoms with E-state index in [1.165, 1.54) is 30.2 Å². The van der Waals surface area contributed by atoms with Crippen molar-refractivity contribution >= 4 is 17.6 Å². The molecule has 1 aliphatic rings. The third-order valence-corrected chi connectivity index (χ3v) is 5.17. The van der Waals surface area contributed by atoms with Crippen LogP contribution in [0.3, 0.4) is 0 Å². The second kappa shape index (κ2) is 8.37. The highest BCUT2D eigenvalue weighted by Gasteiger charge is 2.20. The molecule has 1 aliphatic heterocycles. The van der Waals surface area contributed by atoms with Gasteiger partial charge in [-0.1, -0.05) is 38.1 Å². The van der Waals surface area contributed by atoms with E-state index in [2.05, 4.69) is 48.3 Å². The van der Waals surface area contributed by atoms with Crippen molar-refractivity contribution in [3.8, 4) is 0 Å². The number of anilines is 2. The summed E-state index contributed by atoms with van der Waals surface area (Å²) < 4.78 is 0. The lowest BCUT2D eigenvalue weighted by Gasteiger charge is -2.34. The first-order valence-corrected chi connectivity index (χ1v) is 9.53. The van der Waals surface area contributed by atoms with Crippen LogP contribution in [0, 0.1) is 5.41 Å². The molecule has 4 nitrogen and oxygen atoms in total. The molecule has 0 saturated carbocycles. The Hall–Kier alpha value is -2.33. The van der Waals surface area contributed by atoms with E-state index < -0.39 is 0 Å². The fourth-order valence-electron chi connectivity index (χ4n) is 3.61. The van der Waals surface area contributed by atoms with Gasteiger partial charge in [0.25, 0.3) is 0 Å². The lowest BCUT2D eigenvalue weighted by molar-refractivity contribution is 0.208. The summed E-state index contributed by atoms with van der Waals surface area (Å²) in [4.78, 5) is 2.53. The number of rotatable bonds is 6. The quantitative estimate of drug-likeness (QED) is 0.532. The third kappa shape index (κ3) is 4.64. The average molecular weight is 351 g/mol. The van der Waals surface area contributed by atoms with Crippen LogP contribution in [-0.4, -0.2) is 30.2 Å². The number of hydrogen-bond donors (Lipinski definition) is 3. The zero-order valence-corrected chi connectivity index (χ0v) is 15.8. The maximum Gasteiger partial charge on any atom is 0.0404 e. The van der Waals surface area contributed by atoms with Gasteiger partial charge in [0.1, 0.15) is 0 Å². The van der Waals surface area contributed by atoms with Crippen LogP contribution >= 0.6 is 0 Å². The molecule has 1 saturated heterocycles. The Balaban J connectivity index is 1.59. The molecule has 0 aromatic heterocycles. The van der Waals surface area contributed by atoms with Crippen LogP contribution in [0.4, 0.5) is 11.4 Å². The molecular formula is C22H30N4. The van der Waals surface area contributed by atoms with Crippen molar-refractivity contribution in [2.24, 2.45) is 0 Å². The van der Waals surface area contributed by atoms with Gasteiger partial charge in [-0.25, -0.2) is 0 Å². The fourth-order valence-corrected chi connectivity index (χ4v) is 3.61. The van der Waals surface area contributed by atoms with Gasteiger partial charge in [-0.15, -0.1) is 0 Å². The van der Waals surface area contributed by atoms with Crippen molar-refractivity contribution in [1.82, 2.24) is 4.90 Å². The van der Waals surface area contributed by atoms with Crippen LogP contribution in [-0.2, 0) is 6.54 Å². The monoisotopic (exact) mass is 350 g/mol. The number of benzene rings is 2. The molecule has 4 N–H and O–H groups in total. The van der Waals surface area contributed by atoms with E-state index in [9.17, 15) is 0 Å². The second-order valence-corrected chi connectivity index (χ2v) is 7.60. The van der Waals surface area contributed by atoms with Crippen LogP contribution in [0.25, 0.3) is 0 Å². The maximum absolute atomic E-state index is 7.46. The van der Waals surface area contributed by atoms with Gasteiger partial charge in [-0.05, 0) is 54.6 Å². The molecule has 0 bridgehead atoms. The van der Waals surface area contributed by atoms with E-state index in [-0.39, 0.29) is 0 Å². The lowest BCUT2D eigenvalue weighted by atomic mass is 10.0. The SMILES string of the molecule is CC(C)c1ccc(CN2CCCC(Nc3ccc(N)c(C=N)c3)C2)cc1. The van der Waals surface area contributed by atoms with Gasteiger partial charge in [-0.2, -0.15) is 0 Å². The molecule has 3 rings (SSSR count). The van der Waals surface area contributed by atoms with Gasteiger partial charge in [0.15, 0.2) is 0 Å². The molecule has 0 aliphatic carbocycles. The Bertz CT molecular complexity index is 736. The standard InChI is InChI=1S/C22H30N4/c1-16(2)18-7-5-17(6-8-18)14-26-11-3-4-21(15-26)25-20-9-10-22(24)19(12-20)13-23/h5-10,12-13,16,21,23,25H,3-4,11,14-15,24H2,1-2H3. The molecule has 0 amide bonds. The van der Waals surface area contributed by atoms with Gasteiger partial charge in [0.05, 0.1) is 0 Å². The minimum atomic E-state index is 0.431. The first-order valence-electron chi connectivity index (χ1n) is 9.53. The van der Waals surface area contributed by atoms with E-state index in [4.69, 9.17) is 11.1 Å². The lowest BCUT2D eigenvalue weighted by Crippen LogP contribution is -2.41. The van der Waals surface area contributed by atoms with Crippen LogP contribution in [0.5, 0.6) is 0 Å². The molecule has 0 spiro atoms. The highest BCUT2D eigenvalue weighted by atomic mass is 15.2. The van der Waals surface area contributed by atoms with Crippen LogP contribution in [0.1, 0.15) is 49.3 Å². The third-order valence-electron chi connectivity index (χ3n) is 5.17. The normalized spacial score (nSPS) is 18.0. The minimum absolute atomic E-state index is 0.431. The molecule has 1 fully saturated rings. The summed E-state index contributed by atoms with van der Waals surface area (Å²) in [5.41, 5.74) is 11.1. The Morgan fingerprint density at radius 2 is 2.00 bits per heavy atom. The van der Waals surface area contributed by atoms with Crippen molar-refractivity contribution in [2.45, 2.75) is 45.2 Å². The highest BCUT2D eigenvalue weighted by molar-refractivity contribution is 5.86. The number of nitrogens with two attached hydrogens (primary N) is 1. The molecule has 138 valence electrons. The topological polar surface area (TPSA) is 65.1 Å². The molecule has 1 unspecified atom stereocenters. The largest absolute Gasteiger partial charge is 0.398 e. The first kappa shape index (κ1) is 18.5. The molecular weight excluding hydrogens is 320 g/mol. The van der Waals surface area contributed by atoms with Crippen molar-refractivity contribution in [2.75, 3.05) is 24.1 Å². The number of nitrogen functional groups attached to an aromatic ring is 1. The van der Waals surface area contributed by atoms with Crippen molar-refractivity contribution in [3.63, 3.8) is 0 Å². The molecule has 1 atom stereocenters. The predicted octanol–water partition coefficient (Wildman–Crippen LogP) is 4.47. The van der Waals surface area contributed by atoms with E-state index in [1.54, 1.807) is 0 Å². The number of nitrogens with one attached hydrogen (secondary N) is 2. The molecule has 2 aromatic carbocycles. The Morgan fingerprint density at radius 3 is 2.69 bits per heavy atom. The second-order valence-electron chi connectivity index (χ2n) is 7.60. The summed E-state index contributed by atoms with van der Waals surface area (Å²) in [6.45, 7) is 7.66. The van der Waals surface area contributed by atoms with E-state index >= 15 is 0 Å². The summed E-state index contributed by atoms with van der Waals surface area (Å²) in [6.07, 6.45) is 3.69. The van der Waals surface area contributed by atoms with Gasteiger partial charge in [0.2, 0.25) is 0 Å². The van der Waals surface area contributed by atoms with Crippen LogP contribution < -0.4 is 11.1 Å². The highest BCUT2D eigenvalue weighted by Crippen LogP contribution is 2.21. The van der Waals surface area contributed by atoms with Crippen molar-refractivity contribution in [3.05, 3.63) is 59.2 Å². The average Bonchev–Trinajstić information content (AvgIpc) is 2.64. The van der Waals surface area contributed by atoms with E-state index in [0.29, 0.717) is 17.6 Å². The predicted molar refractivity (Wildman–Crippen MR) is 111 cm³/mol. The maximum atomic E-state index is 7.46. The Labute approximate surface area is 156 Å². The van der Waals surface area contributed by atoms with E-state index in [0.717, 1.165) is 30.9 Å². The van der Waals surface area contributed by atoms with Gasteiger partial charge >= 0.3 is 0 Å². The number of piperidine rings is 1. The molecule has 1 heterocycles. The fraction of sp³-hybridized carbons (Fsp3) is 0.409. The summed E-state index contributed by atoms with van der Waals surface area (Å²) in [5.74, 6) is 0.582. The van der Waals surface area contributed by atoms with Gasteiger partial charge in [0, 0.05) is 42.3 Å². The van der Waals surface area contributed by atoms with Crippen LogP contribution in [0.2, 0.25) is 0 Å². The molecule has 2 aromatic rings. The first-order chi connectivity index (χ1) is 12.5. The van der Waals surface area contributed by atoms with Gasteiger partial charge < -0.3 is 16.5 Å². The zero-order chi connectivity index (χ0) is 18.5. The van der Waals surface area contributed by atoms with E-state index in [1.807, 2.05) is 18.2 Å². The summed E-state index contributed by atoms with van der Waals surface area (Å²) in [5, 5.41) is 11.1. The van der Waals surface area contributed by atoms with Crippen molar-refractivity contribution in [1.29, 1.82) is 5.41 Å². The Kier molecular flexibility index (Phi) is 5.94. The van der Waals surface area contributed by atoms with Crippen molar-refractivity contribution < 1.29 is 0 Å². The molecule has 0 radical (unpaired) electrons. The smallest absolute Gasteiger partial charge is 0.0404 e.